The van der Waals surface area contributed by atoms with Gasteiger partial charge in [0.2, 0.25) is 5.91 Å². The van der Waals surface area contributed by atoms with Crippen LogP contribution in [0.5, 0.6) is 0 Å². The molecule has 0 aromatic heterocycles. The highest BCUT2D eigenvalue weighted by atomic mass is 16.6. The highest BCUT2D eigenvalue weighted by molar-refractivity contribution is 5.93. The Hall–Kier alpha value is -1.99. The van der Waals surface area contributed by atoms with Crippen LogP contribution in [0.2, 0.25) is 0 Å². The Labute approximate surface area is 122 Å². The molecule has 0 aliphatic carbocycles. The number of carbonyl (C=O) groups is 1. The molecule has 0 spiro atoms. The van der Waals surface area contributed by atoms with E-state index in [1.165, 1.54) is 24.3 Å². The Morgan fingerprint density at radius 3 is 2.71 bits per heavy atom. The van der Waals surface area contributed by atoms with Crippen LogP contribution >= 0.6 is 0 Å². The summed E-state index contributed by atoms with van der Waals surface area (Å²) in [6, 6.07) is 5.81. The number of nitrogens with one attached hydrogen (secondary N) is 2. The van der Waals surface area contributed by atoms with E-state index in [4.69, 9.17) is 4.74 Å². The lowest BCUT2D eigenvalue weighted by atomic mass is 10.0. The molecule has 2 atom stereocenters. The minimum absolute atomic E-state index is 0.000289. The smallest absolute Gasteiger partial charge is 0.269 e. The summed E-state index contributed by atoms with van der Waals surface area (Å²) in [6.45, 7) is 3.82. The summed E-state index contributed by atoms with van der Waals surface area (Å²) in [4.78, 5) is 22.4. The zero-order chi connectivity index (χ0) is 15.2. The third kappa shape index (κ3) is 3.99. The van der Waals surface area contributed by atoms with Gasteiger partial charge in [-0.2, -0.15) is 0 Å². The number of nitrogens with zero attached hydrogens (tertiary/aromatic N) is 1. The SMILES string of the molecule is CCCNC1COCC1C(=O)Nc1ccc([N+](=O)[O-])cc1. The maximum absolute atomic E-state index is 12.2. The van der Waals surface area contributed by atoms with Gasteiger partial charge in [0.15, 0.2) is 0 Å². The average molecular weight is 293 g/mol. The molecule has 1 fully saturated rings. The molecular weight excluding hydrogens is 274 g/mol. The number of hydrogen-bond acceptors (Lipinski definition) is 5. The third-order valence-electron chi connectivity index (χ3n) is 3.42. The maximum atomic E-state index is 12.2. The highest BCUT2D eigenvalue weighted by Gasteiger charge is 2.33. The van der Waals surface area contributed by atoms with E-state index in [9.17, 15) is 14.9 Å². The number of nitro benzene ring substituents is 1. The molecule has 1 aromatic rings. The number of nitro groups is 1. The normalized spacial score (nSPS) is 21.2. The highest BCUT2D eigenvalue weighted by Crippen LogP contribution is 2.19. The van der Waals surface area contributed by atoms with Crippen molar-refractivity contribution in [1.82, 2.24) is 5.32 Å². The maximum Gasteiger partial charge on any atom is 0.269 e. The Morgan fingerprint density at radius 1 is 1.38 bits per heavy atom. The number of carbonyl (C=O) groups excluding carboxylic acids is 1. The fourth-order valence-electron chi connectivity index (χ4n) is 2.25. The lowest BCUT2D eigenvalue weighted by Crippen LogP contribution is -2.41. The van der Waals surface area contributed by atoms with Crippen molar-refractivity contribution in [3.8, 4) is 0 Å². The monoisotopic (exact) mass is 293 g/mol. The van der Waals surface area contributed by atoms with Gasteiger partial charge in [-0.25, -0.2) is 0 Å². The third-order valence-corrected chi connectivity index (χ3v) is 3.42. The summed E-state index contributed by atoms with van der Waals surface area (Å²) in [6.07, 6.45) is 0.993. The molecule has 7 nitrogen and oxygen atoms in total. The second-order valence-electron chi connectivity index (χ2n) is 5.00. The standard InChI is InChI=1S/C14H19N3O4/c1-2-7-15-13-9-21-8-12(13)14(18)16-10-3-5-11(6-4-10)17(19)20/h3-6,12-13,15H,2,7-9H2,1H3,(H,16,18). The van der Waals surface area contributed by atoms with Gasteiger partial charge in [0.05, 0.1) is 24.1 Å². The zero-order valence-corrected chi connectivity index (χ0v) is 11.9. The Bertz CT molecular complexity index is 503. The molecule has 0 bridgehead atoms. The molecule has 2 rings (SSSR count). The number of benzene rings is 1. The quantitative estimate of drug-likeness (QED) is 0.613. The zero-order valence-electron chi connectivity index (χ0n) is 11.9. The lowest BCUT2D eigenvalue weighted by Gasteiger charge is -2.18. The van der Waals surface area contributed by atoms with Gasteiger partial charge in [0.25, 0.3) is 5.69 Å². The summed E-state index contributed by atoms with van der Waals surface area (Å²) in [5, 5.41) is 16.7. The molecule has 0 saturated carbocycles. The molecule has 2 N–H and O–H groups in total. The largest absolute Gasteiger partial charge is 0.379 e. The van der Waals surface area contributed by atoms with Crippen LogP contribution < -0.4 is 10.6 Å². The predicted molar refractivity (Wildman–Crippen MR) is 78.1 cm³/mol. The van der Waals surface area contributed by atoms with Crippen LogP contribution in [0.25, 0.3) is 0 Å². The van der Waals surface area contributed by atoms with Crippen molar-refractivity contribution >= 4 is 17.3 Å². The molecule has 1 heterocycles. The molecule has 1 saturated heterocycles. The van der Waals surface area contributed by atoms with Crippen LogP contribution in [0.1, 0.15) is 13.3 Å². The van der Waals surface area contributed by atoms with Crippen LogP contribution in [0.4, 0.5) is 11.4 Å². The van der Waals surface area contributed by atoms with E-state index in [1.54, 1.807) is 0 Å². The molecule has 114 valence electrons. The number of non-ortho nitro benzene ring substituents is 1. The van der Waals surface area contributed by atoms with E-state index in [-0.39, 0.29) is 23.6 Å². The van der Waals surface area contributed by atoms with Crippen LogP contribution in [0.3, 0.4) is 0 Å². The van der Waals surface area contributed by atoms with Gasteiger partial charge < -0.3 is 15.4 Å². The molecule has 7 heteroatoms. The Kier molecular flexibility index (Phi) is 5.24. The van der Waals surface area contributed by atoms with Crippen molar-refractivity contribution in [2.45, 2.75) is 19.4 Å². The average Bonchev–Trinajstić information content (AvgIpc) is 2.94. The van der Waals surface area contributed by atoms with Crippen molar-refractivity contribution < 1.29 is 14.5 Å². The molecule has 1 aliphatic heterocycles. The van der Waals surface area contributed by atoms with Crippen LogP contribution in [-0.4, -0.2) is 36.6 Å². The van der Waals surface area contributed by atoms with Gasteiger partial charge in [-0.15, -0.1) is 0 Å². The van der Waals surface area contributed by atoms with Gasteiger partial charge in [0.1, 0.15) is 0 Å². The molecule has 2 unspecified atom stereocenters. The number of ether oxygens (including phenoxy) is 1. The van der Waals surface area contributed by atoms with Crippen LogP contribution in [-0.2, 0) is 9.53 Å². The topological polar surface area (TPSA) is 93.5 Å². The van der Waals surface area contributed by atoms with Crippen molar-refractivity contribution in [3.63, 3.8) is 0 Å². The molecule has 1 aromatic carbocycles. The first-order valence-electron chi connectivity index (χ1n) is 6.98. The predicted octanol–water partition coefficient (Wildman–Crippen LogP) is 1.55. The fraction of sp³-hybridized carbons (Fsp3) is 0.500. The second kappa shape index (κ2) is 7.14. The van der Waals surface area contributed by atoms with E-state index in [1.807, 2.05) is 0 Å². The summed E-state index contributed by atoms with van der Waals surface area (Å²) in [5.74, 6) is -0.373. The molecule has 1 aliphatic rings. The van der Waals surface area contributed by atoms with Crippen molar-refractivity contribution in [2.24, 2.45) is 5.92 Å². The van der Waals surface area contributed by atoms with E-state index in [0.717, 1.165) is 13.0 Å². The first kappa shape index (κ1) is 15.4. The summed E-state index contributed by atoms with van der Waals surface area (Å²) >= 11 is 0. The first-order valence-corrected chi connectivity index (χ1v) is 6.98. The van der Waals surface area contributed by atoms with E-state index in [2.05, 4.69) is 17.6 Å². The Balaban J connectivity index is 1.95. The number of hydrogen-bond donors (Lipinski definition) is 2. The van der Waals surface area contributed by atoms with Gasteiger partial charge in [-0.3, -0.25) is 14.9 Å². The van der Waals surface area contributed by atoms with Crippen molar-refractivity contribution in [1.29, 1.82) is 0 Å². The van der Waals surface area contributed by atoms with Crippen LogP contribution in [0.15, 0.2) is 24.3 Å². The number of rotatable bonds is 6. The summed E-state index contributed by atoms with van der Waals surface area (Å²) in [7, 11) is 0. The molecule has 21 heavy (non-hydrogen) atoms. The number of anilines is 1. The van der Waals surface area contributed by atoms with Gasteiger partial charge >= 0.3 is 0 Å². The first-order chi connectivity index (χ1) is 10.1. The Morgan fingerprint density at radius 2 is 2.10 bits per heavy atom. The van der Waals surface area contributed by atoms with Gasteiger partial charge in [-0.1, -0.05) is 6.92 Å². The summed E-state index contributed by atoms with van der Waals surface area (Å²) < 4.78 is 5.36. The van der Waals surface area contributed by atoms with E-state index in [0.29, 0.717) is 18.9 Å². The second-order valence-corrected chi connectivity index (χ2v) is 5.00. The lowest BCUT2D eigenvalue weighted by molar-refractivity contribution is -0.384. The van der Waals surface area contributed by atoms with Crippen LogP contribution in [0, 0.1) is 16.0 Å². The van der Waals surface area contributed by atoms with E-state index < -0.39 is 4.92 Å². The van der Waals surface area contributed by atoms with E-state index >= 15 is 0 Å². The van der Waals surface area contributed by atoms with Crippen molar-refractivity contribution in [3.05, 3.63) is 34.4 Å². The summed E-state index contributed by atoms with van der Waals surface area (Å²) in [5.41, 5.74) is 0.548. The minimum Gasteiger partial charge on any atom is -0.379 e. The fourth-order valence-corrected chi connectivity index (χ4v) is 2.25. The minimum atomic E-state index is -0.471. The molecular formula is C14H19N3O4. The van der Waals surface area contributed by atoms with Gasteiger partial charge in [-0.05, 0) is 25.1 Å². The van der Waals surface area contributed by atoms with Crippen molar-refractivity contribution in [2.75, 3.05) is 25.1 Å². The van der Waals surface area contributed by atoms with Gasteiger partial charge in [0, 0.05) is 23.9 Å². The molecule has 0 radical (unpaired) electrons. The molecule has 1 amide bonds. The number of amides is 1.